The normalized spacial score (nSPS) is 17.8. The van der Waals surface area contributed by atoms with E-state index >= 15 is 0 Å². The number of aromatic nitrogens is 2. The van der Waals surface area contributed by atoms with Gasteiger partial charge in [0.05, 0.1) is 10.7 Å². The molecule has 1 fully saturated rings. The highest BCUT2D eigenvalue weighted by Crippen LogP contribution is 2.41. The molecule has 35 heavy (non-hydrogen) atoms. The molecule has 4 aromatic rings. The van der Waals surface area contributed by atoms with Gasteiger partial charge in [-0.25, -0.2) is 9.18 Å². The van der Waals surface area contributed by atoms with Crippen molar-refractivity contribution in [3.8, 4) is 33.7 Å². The number of phenolic OH excluding ortho intramolecular Hbond substituents is 1. The van der Waals surface area contributed by atoms with Gasteiger partial charge < -0.3 is 20.3 Å². The predicted molar refractivity (Wildman–Crippen MR) is 138 cm³/mol. The Morgan fingerprint density at radius 2 is 1.77 bits per heavy atom. The van der Waals surface area contributed by atoms with Crippen molar-refractivity contribution >= 4 is 17.3 Å². The van der Waals surface area contributed by atoms with Crippen molar-refractivity contribution in [1.29, 1.82) is 0 Å². The van der Waals surface area contributed by atoms with Crippen LogP contribution in [0.4, 0.5) is 10.1 Å². The molecule has 0 amide bonds. The van der Waals surface area contributed by atoms with Gasteiger partial charge in [-0.15, -0.1) is 0 Å². The van der Waals surface area contributed by atoms with Crippen LogP contribution in [0.25, 0.3) is 27.9 Å². The van der Waals surface area contributed by atoms with E-state index in [0.717, 1.165) is 25.2 Å². The molecule has 1 aliphatic rings. The summed E-state index contributed by atoms with van der Waals surface area (Å²) < 4.78 is 17.6. The third-order valence-electron chi connectivity index (χ3n) is 6.57. The maximum absolute atomic E-state index is 14.8. The fraction of sp³-hybridized carbons (Fsp3) is 0.222. The maximum Gasteiger partial charge on any atom is 0.332 e. The summed E-state index contributed by atoms with van der Waals surface area (Å²) in [6, 6.07) is 15.3. The molecule has 1 saturated heterocycles. The lowest BCUT2D eigenvalue weighted by molar-refractivity contribution is 0.477. The molecule has 8 heteroatoms. The molecule has 1 atom stereocenters. The van der Waals surface area contributed by atoms with Gasteiger partial charge in [-0.3, -0.25) is 4.57 Å². The third-order valence-corrected chi connectivity index (χ3v) is 6.87. The number of imidazole rings is 1. The van der Waals surface area contributed by atoms with E-state index in [1.165, 1.54) is 21.3 Å². The summed E-state index contributed by atoms with van der Waals surface area (Å²) in [5.41, 5.74) is 9.22. The molecule has 5 rings (SSSR count). The molecule has 6 nitrogen and oxygen atoms in total. The number of anilines is 1. The van der Waals surface area contributed by atoms with Gasteiger partial charge in [-0.2, -0.15) is 0 Å². The Bertz CT molecular complexity index is 1490. The summed E-state index contributed by atoms with van der Waals surface area (Å²) in [6.45, 7) is 3.60. The monoisotopic (exact) mass is 492 g/mol. The minimum absolute atomic E-state index is 0.0469. The van der Waals surface area contributed by atoms with Crippen LogP contribution in [0.2, 0.25) is 5.02 Å². The van der Waals surface area contributed by atoms with E-state index in [9.17, 15) is 14.3 Å². The van der Waals surface area contributed by atoms with Crippen LogP contribution >= 0.6 is 11.6 Å². The molecule has 2 heterocycles. The number of hydrogen-bond donors (Lipinski definition) is 2. The van der Waals surface area contributed by atoms with E-state index in [-0.39, 0.29) is 17.0 Å². The Morgan fingerprint density at radius 3 is 2.37 bits per heavy atom. The average Bonchev–Trinajstić information content (AvgIpc) is 3.36. The first-order chi connectivity index (χ1) is 16.6. The van der Waals surface area contributed by atoms with E-state index < -0.39 is 5.82 Å². The molecule has 0 radical (unpaired) electrons. The molecule has 0 bridgehead atoms. The molecule has 0 aliphatic carbocycles. The molecule has 3 N–H and O–H groups in total. The first-order valence-electron chi connectivity index (χ1n) is 11.3. The Kier molecular flexibility index (Phi) is 5.69. The van der Waals surface area contributed by atoms with Crippen LogP contribution in [-0.2, 0) is 7.05 Å². The largest absolute Gasteiger partial charge is 0.507 e. The zero-order valence-corrected chi connectivity index (χ0v) is 20.3. The van der Waals surface area contributed by atoms with E-state index in [4.69, 9.17) is 17.3 Å². The topological polar surface area (TPSA) is 76.4 Å². The summed E-state index contributed by atoms with van der Waals surface area (Å²) in [7, 11) is 1.65. The highest BCUT2D eigenvalue weighted by Gasteiger charge is 2.30. The quantitative estimate of drug-likeness (QED) is 0.423. The van der Waals surface area contributed by atoms with Crippen LogP contribution in [0.15, 0.2) is 71.8 Å². The van der Waals surface area contributed by atoms with Crippen LogP contribution in [0.1, 0.15) is 13.3 Å². The number of phenols is 1. The van der Waals surface area contributed by atoms with Gasteiger partial charge in [-0.05, 0) is 60.9 Å². The lowest BCUT2D eigenvalue weighted by atomic mass is 9.96. The predicted octanol–water partition coefficient (Wildman–Crippen LogP) is 4.94. The van der Waals surface area contributed by atoms with E-state index in [1.54, 1.807) is 37.6 Å². The van der Waals surface area contributed by atoms with Crippen molar-refractivity contribution in [1.82, 2.24) is 9.13 Å². The number of nitrogens with zero attached hydrogens (tertiary/aromatic N) is 3. The molecule has 1 aromatic heterocycles. The van der Waals surface area contributed by atoms with Crippen LogP contribution < -0.4 is 16.3 Å². The summed E-state index contributed by atoms with van der Waals surface area (Å²) in [5, 5.41) is 11.5. The number of aryl methyl sites for hydroxylation is 1. The molecule has 0 spiro atoms. The van der Waals surface area contributed by atoms with Gasteiger partial charge in [0, 0.05) is 54.9 Å². The maximum atomic E-state index is 14.8. The van der Waals surface area contributed by atoms with Crippen molar-refractivity contribution in [3.63, 3.8) is 0 Å². The van der Waals surface area contributed by atoms with Gasteiger partial charge in [0.1, 0.15) is 11.6 Å². The molecule has 1 aliphatic heterocycles. The van der Waals surface area contributed by atoms with Gasteiger partial charge in [0.25, 0.3) is 0 Å². The van der Waals surface area contributed by atoms with Crippen molar-refractivity contribution in [3.05, 3.63) is 88.3 Å². The lowest BCUT2D eigenvalue weighted by Gasteiger charge is -2.22. The molecular weight excluding hydrogens is 467 g/mol. The second-order valence-electron chi connectivity index (χ2n) is 9.45. The fourth-order valence-electron chi connectivity index (χ4n) is 4.63. The number of benzene rings is 3. The highest BCUT2D eigenvalue weighted by molar-refractivity contribution is 6.32. The first kappa shape index (κ1) is 23.2. The number of aromatic hydroxyl groups is 1. The third kappa shape index (κ3) is 4.33. The van der Waals surface area contributed by atoms with E-state index in [0.29, 0.717) is 33.0 Å². The SMILES string of the molecule is Cn1ccn(-c2ccc(-c3cc(F)cc(-c4cccc(N5CC[C@](C)(N)C5)c4)c3O)cc2Cl)c1=O. The second-order valence-corrected chi connectivity index (χ2v) is 9.86. The summed E-state index contributed by atoms with van der Waals surface area (Å²) >= 11 is 6.50. The number of nitrogens with two attached hydrogens (primary N) is 1. The Balaban J connectivity index is 1.54. The standard InChI is InChI=1S/C27H26ClFN4O2/c1-27(30)8-9-32(16-27)20-5-3-4-17(12-20)21-14-19(29)15-22(25(21)34)18-6-7-24(23(28)13-18)33-11-10-31(2)26(33)35/h3-7,10-15,34H,8-9,16,30H2,1-2H3/t27-/m0/s1. The van der Waals surface area contributed by atoms with Crippen molar-refractivity contribution in [2.45, 2.75) is 18.9 Å². The van der Waals surface area contributed by atoms with Crippen LogP contribution in [0.5, 0.6) is 5.75 Å². The Morgan fingerprint density at radius 1 is 1.06 bits per heavy atom. The molecular formula is C27H26ClFN4O2. The zero-order chi connectivity index (χ0) is 24.9. The summed E-state index contributed by atoms with van der Waals surface area (Å²) in [4.78, 5) is 14.5. The lowest BCUT2D eigenvalue weighted by Crippen LogP contribution is -2.39. The fourth-order valence-corrected chi connectivity index (χ4v) is 4.90. The number of hydrogen-bond acceptors (Lipinski definition) is 4. The summed E-state index contributed by atoms with van der Waals surface area (Å²) in [5.74, 6) is -0.525. The van der Waals surface area contributed by atoms with E-state index in [2.05, 4.69) is 4.90 Å². The van der Waals surface area contributed by atoms with Gasteiger partial charge in [0.2, 0.25) is 0 Å². The second kappa shape index (κ2) is 8.59. The van der Waals surface area contributed by atoms with Crippen LogP contribution in [-0.4, -0.2) is 32.9 Å². The zero-order valence-electron chi connectivity index (χ0n) is 19.5. The number of rotatable bonds is 4. The first-order valence-corrected chi connectivity index (χ1v) is 11.7. The van der Waals surface area contributed by atoms with Crippen LogP contribution in [0, 0.1) is 5.82 Å². The molecule has 0 saturated carbocycles. The van der Waals surface area contributed by atoms with Crippen LogP contribution in [0.3, 0.4) is 0 Å². The average molecular weight is 493 g/mol. The molecule has 3 aromatic carbocycles. The van der Waals surface area contributed by atoms with Gasteiger partial charge in [0.15, 0.2) is 0 Å². The minimum atomic E-state index is -0.478. The van der Waals surface area contributed by atoms with Crippen molar-refractivity contribution in [2.24, 2.45) is 12.8 Å². The van der Waals surface area contributed by atoms with E-state index in [1.807, 2.05) is 31.2 Å². The number of halogens is 2. The highest BCUT2D eigenvalue weighted by atomic mass is 35.5. The van der Waals surface area contributed by atoms with Gasteiger partial charge >= 0.3 is 5.69 Å². The molecule has 0 unspecified atom stereocenters. The molecule has 180 valence electrons. The smallest absolute Gasteiger partial charge is 0.332 e. The Hall–Kier alpha value is -3.55. The van der Waals surface area contributed by atoms with Crippen molar-refractivity contribution in [2.75, 3.05) is 18.0 Å². The van der Waals surface area contributed by atoms with Gasteiger partial charge in [-0.1, -0.05) is 29.8 Å². The summed E-state index contributed by atoms with van der Waals surface area (Å²) in [6.07, 6.45) is 4.15. The van der Waals surface area contributed by atoms with Crippen molar-refractivity contribution < 1.29 is 9.50 Å². The minimum Gasteiger partial charge on any atom is -0.507 e. The Labute approximate surface area is 207 Å².